The molecule has 1 rings (SSSR count). The summed E-state index contributed by atoms with van der Waals surface area (Å²) in [7, 11) is 0. The Morgan fingerprint density at radius 1 is 1.30 bits per heavy atom. The first-order chi connectivity index (χ1) is 9.23. The number of amides is 1. The number of nitrogens with zero attached hydrogens (tertiary/aromatic N) is 1. The lowest BCUT2D eigenvalue weighted by atomic mass is 10.2. The first kappa shape index (κ1) is 15.9. The Labute approximate surface area is 118 Å². The van der Waals surface area contributed by atoms with Crippen molar-refractivity contribution in [3.63, 3.8) is 0 Å². The summed E-state index contributed by atoms with van der Waals surface area (Å²) in [4.78, 5) is 27.6. The van der Waals surface area contributed by atoms with Crippen molar-refractivity contribution in [3.8, 4) is 0 Å². The lowest BCUT2D eigenvalue weighted by Crippen LogP contribution is -2.28. The first-order valence-electron chi connectivity index (χ1n) is 6.37. The zero-order valence-corrected chi connectivity index (χ0v) is 12.4. The summed E-state index contributed by atoms with van der Waals surface area (Å²) in [5, 5.41) is 2.51. The number of nitrogens with one attached hydrogen (secondary N) is 1. The highest BCUT2D eigenvalue weighted by Crippen LogP contribution is 2.17. The largest absolute Gasteiger partial charge is 0.461 e. The molecule has 1 aromatic heterocycles. The molecule has 0 aliphatic heterocycles. The van der Waals surface area contributed by atoms with Crippen molar-refractivity contribution in [2.75, 3.05) is 11.9 Å². The van der Waals surface area contributed by atoms with E-state index in [2.05, 4.69) is 10.3 Å². The van der Waals surface area contributed by atoms with Crippen LogP contribution in [0.3, 0.4) is 0 Å². The second-order valence-corrected chi connectivity index (χ2v) is 5.20. The molecule has 0 aliphatic rings. The molecular formula is C14H20N2O4. The van der Waals surface area contributed by atoms with Crippen LogP contribution < -0.4 is 5.32 Å². The highest BCUT2D eigenvalue weighted by molar-refractivity contribution is 5.98. The first-order valence-corrected chi connectivity index (χ1v) is 6.37. The molecule has 0 spiro atoms. The predicted molar refractivity (Wildman–Crippen MR) is 74.8 cm³/mol. The lowest BCUT2D eigenvalue weighted by molar-refractivity contribution is 0.0520. The van der Waals surface area contributed by atoms with E-state index in [0.717, 1.165) is 0 Å². The van der Waals surface area contributed by atoms with Gasteiger partial charge in [0.15, 0.2) is 5.69 Å². The van der Waals surface area contributed by atoms with Gasteiger partial charge in [0.05, 0.1) is 12.3 Å². The fourth-order valence-electron chi connectivity index (χ4n) is 1.43. The van der Waals surface area contributed by atoms with E-state index in [1.165, 1.54) is 0 Å². The number of hydrogen-bond acceptors (Lipinski definition) is 5. The summed E-state index contributed by atoms with van der Waals surface area (Å²) in [6.07, 6.45) is -0.645. The zero-order chi connectivity index (χ0) is 15.3. The van der Waals surface area contributed by atoms with Gasteiger partial charge in [-0.1, -0.05) is 0 Å². The van der Waals surface area contributed by atoms with Crippen LogP contribution in [-0.2, 0) is 9.47 Å². The molecule has 0 aromatic carbocycles. The standard InChI is InChI=1S/C14H20N2O4/c1-6-19-12(17)11-10(8-7-9(2)15-11)16-13(18)20-14(3,4)5/h7-8H,6H2,1-5H3,(H,16,18). The number of aromatic nitrogens is 1. The predicted octanol–water partition coefficient (Wildman–Crippen LogP) is 2.91. The Morgan fingerprint density at radius 3 is 2.50 bits per heavy atom. The maximum absolute atomic E-state index is 11.8. The summed E-state index contributed by atoms with van der Waals surface area (Å²) in [6.45, 7) is 8.96. The van der Waals surface area contributed by atoms with Crippen LogP contribution in [0.1, 0.15) is 43.9 Å². The molecule has 0 radical (unpaired) electrons. The van der Waals surface area contributed by atoms with Gasteiger partial charge < -0.3 is 9.47 Å². The van der Waals surface area contributed by atoms with E-state index < -0.39 is 17.7 Å². The van der Waals surface area contributed by atoms with Gasteiger partial charge in [0, 0.05) is 5.69 Å². The Kier molecular flexibility index (Phi) is 5.07. The SMILES string of the molecule is CCOC(=O)c1nc(C)ccc1NC(=O)OC(C)(C)C. The molecule has 0 fully saturated rings. The fourth-order valence-corrected chi connectivity index (χ4v) is 1.43. The highest BCUT2D eigenvalue weighted by atomic mass is 16.6. The highest BCUT2D eigenvalue weighted by Gasteiger charge is 2.20. The maximum Gasteiger partial charge on any atom is 0.412 e. The van der Waals surface area contributed by atoms with Crippen LogP contribution in [0.5, 0.6) is 0 Å². The second-order valence-electron chi connectivity index (χ2n) is 5.20. The maximum atomic E-state index is 11.8. The third-order valence-corrected chi connectivity index (χ3v) is 2.14. The average molecular weight is 280 g/mol. The Morgan fingerprint density at radius 2 is 1.95 bits per heavy atom. The topological polar surface area (TPSA) is 77.5 Å². The molecule has 0 aliphatic carbocycles. The van der Waals surface area contributed by atoms with Crippen molar-refractivity contribution in [3.05, 3.63) is 23.5 Å². The van der Waals surface area contributed by atoms with E-state index in [1.54, 1.807) is 46.8 Å². The number of carbonyl (C=O) groups is 2. The van der Waals surface area contributed by atoms with E-state index in [0.29, 0.717) is 5.69 Å². The molecule has 1 heterocycles. The normalized spacial score (nSPS) is 10.8. The van der Waals surface area contributed by atoms with Crippen LogP contribution in [0.2, 0.25) is 0 Å². The van der Waals surface area contributed by atoms with Crippen LogP contribution in [-0.4, -0.2) is 29.3 Å². The van der Waals surface area contributed by atoms with Crippen LogP contribution in [0.15, 0.2) is 12.1 Å². The number of rotatable bonds is 3. The van der Waals surface area contributed by atoms with E-state index in [-0.39, 0.29) is 18.0 Å². The number of anilines is 1. The van der Waals surface area contributed by atoms with E-state index in [1.807, 2.05) is 0 Å². The summed E-state index contributed by atoms with van der Waals surface area (Å²) in [6, 6.07) is 3.29. The zero-order valence-electron chi connectivity index (χ0n) is 12.4. The Bertz CT molecular complexity index is 506. The molecule has 0 saturated carbocycles. The molecule has 6 heteroatoms. The molecule has 6 nitrogen and oxygen atoms in total. The van der Waals surface area contributed by atoms with Gasteiger partial charge in [-0.05, 0) is 46.8 Å². The van der Waals surface area contributed by atoms with Crippen LogP contribution in [0.25, 0.3) is 0 Å². The summed E-state index contributed by atoms with van der Waals surface area (Å²) in [5.41, 5.74) is 0.371. The molecular weight excluding hydrogens is 260 g/mol. The summed E-state index contributed by atoms with van der Waals surface area (Å²) in [5.74, 6) is -0.581. The van der Waals surface area contributed by atoms with Gasteiger partial charge in [0.2, 0.25) is 0 Å². The van der Waals surface area contributed by atoms with Crippen molar-refractivity contribution >= 4 is 17.7 Å². The summed E-state index contributed by atoms with van der Waals surface area (Å²) < 4.78 is 10.0. The van der Waals surface area contributed by atoms with Crippen molar-refractivity contribution in [1.29, 1.82) is 0 Å². The molecule has 1 N–H and O–H groups in total. The number of ether oxygens (including phenoxy) is 2. The molecule has 0 saturated heterocycles. The molecule has 0 bridgehead atoms. The Balaban J connectivity index is 2.94. The van der Waals surface area contributed by atoms with Gasteiger partial charge in [-0.25, -0.2) is 14.6 Å². The lowest BCUT2D eigenvalue weighted by Gasteiger charge is -2.20. The smallest absolute Gasteiger partial charge is 0.412 e. The molecule has 20 heavy (non-hydrogen) atoms. The molecule has 110 valence electrons. The monoisotopic (exact) mass is 280 g/mol. The third-order valence-electron chi connectivity index (χ3n) is 2.14. The van der Waals surface area contributed by atoms with E-state index in [4.69, 9.17) is 9.47 Å². The molecule has 0 atom stereocenters. The van der Waals surface area contributed by atoms with Crippen molar-refractivity contribution in [2.24, 2.45) is 0 Å². The third kappa shape index (κ3) is 4.87. The van der Waals surface area contributed by atoms with Gasteiger partial charge in [-0.3, -0.25) is 5.32 Å². The van der Waals surface area contributed by atoms with Gasteiger partial charge >= 0.3 is 12.1 Å². The molecule has 1 aromatic rings. The van der Waals surface area contributed by atoms with Gasteiger partial charge in [0.1, 0.15) is 5.60 Å². The second kappa shape index (κ2) is 6.36. The van der Waals surface area contributed by atoms with Crippen LogP contribution >= 0.6 is 0 Å². The van der Waals surface area contributed by atoms with Gasteiger partial charge in [-0.2, -0.15) is 0 Å². The summed E-state index contributed by atoms with van der Waals surface area (Å²) >= 11 is 0. The minimum absolute atomic E-state index is 0.0673. The van der Waals surface area contributed by atoms with Gasteiger partial charge in [-0.15, -0.1) is 0 Å². The molecule has 1 amide bonds. The number of esters is 1. The molecule has 0 unspecified atom stereocenters. The van der Waals surface area contributed by atoms with Crippen LogP contribution in [0.4, 0.5) is 10.5 Å². The average Bonchev–Trinajstić information content (AvgIpc) is 2.29. The quantitative estimate of drug-likeness (QED) is 0.861. The van der Waals surface area contributed by atoms with Crippen LogP contribution in [0, 0.1) is 6.92 Å². The number of pyridine rings is 1. The van der Waals surface area contributed by atoms with Crippen molar-refractivity contribution < 1.29 is 19.1 Å². The number of aryl methyl sites for hydroxylation is 1. The van der Waals surface area contributed by atoms with E-state index in [9.17, 15) is 9.59 Å². The van der Waals surface area contributed by atoms with E-state index >= 15 is 0 Å². The number of hydrogen-bond donors (Lipinski definition) is 1. The fraction of sp³-hybridized carbons (Fsp3) is 0.500. The minimum atomic E-state index is -0.645. The minimum Gasteiger partial charge on any atom is -0.461 e. The van der Waals surface area contributed by atoms with Gasteiger partial charge in [0.25, 0.3) is 0 Å². The number of carbonyl (C=O) groups excluding carboxylic acids is 2. The van der Waals surface area contributed by atoms with Crippen molar-refractivity contribution in [1.82, 2.24) is 4.98 Å². The van der Waals surface area contributed by atoms with Crippen molar-refractivity contribution in [2.45, 2.75) is 40.2 Å². The Hall–Kier alpha value is -2.11.